The maximum Gasteiger partial charge on any atom is 0.0825 e. The predicted octanol–water partition coefficient (Wildman–Crippen LogP) is -0.985. The quantitative estimate of drug-likeness (QED) is 0.405. The van der Waals surface area contributed by atoms with Crippen LogP contribution >= 0.6 is 0 Å². The molecular formula is C6H13O4. The molecule has 61 valence electrons. The fourth-order valence-electron chi connectivity index (χ4n) is 0.590. The molecule has 0 aliphatic carbocycles. The van der Waals surface area contributed by atoms with E-state index in [0.717, 1.165) is 6.61 Å². The van der Waals surface area contributed by atoms with Gasteiger partial charge in [0.25, 0.3) is 0 Å². The highest BCUT2D eigenvalue weighted by atomic mass is 16.3. The fraction of sp³-hybridized carbons (Fsp3) is 0.833. The van der Waals surface area contributed by atoms with Crippen molar-refractivity contribution in [2.24, 2.45) is 0 Å². The van der Waals surface area contributed by atoms with Crippen LogP contribution in [0.3, 0.4) is 0 Å². The van der Waals surface area contributed by atoms with Gasteiger partial charge in [0, 0.05) is 13.0 Å². The second kappa shape index (κ2) is 5.61. The molecule has 0 saturated carbocycles. The van der Waals surface area contributed by atoms with E-state index in [9.17, 15) is 0 Å². The first kappa shape index (κ1) is 9.84. The summed E-state index contributed by atoms with van der Waals surface area (Å²) in [6.07, 6.45) is -1.76. The summed E-state index contributed by atoms with van der Waals surface area (Å²) < 4.78 is 0. The lowest BCUT2D eigenvalue weighted by atomic mass is 10.1. The molecule has 0 rings (SSSR count). The van der Waals surface area contributed by atoms with Crippen molar-refractivity contribution in [3.8, 4) is 0 Å². The third kappa shape index (κ3) is 3.79. The predicted molar refractivity (Wildman–Crippen MR) is 34.6 cm³/mol. The third-order valence-electron chi connectivity index (χ3n) is 1.22. The van der Waals surface area contributed by atoms with E-state index in [4.69, 9.17) is 20.4 Å². The number of hydrogen-bond acceptors (Lipinski definition) is 4. The van der Waals surface area contributed by atoms with Crippen LogP contribution in [0.4, 0.5) is 0 Å². The van der Waals surface area contributed by atoms with E-state index in [0.29, 0.717) is 0 Å². The van der Waals surface area contributed by atoms with Gasteiger partial charge in [0.15, 0.2) is 0 Å². The summed E-state index contributed by atoms with van der Waals surface area (Å²) in [5.41, 5.74) is 0. The normalized spacial score (nSPS) is 16.8. The standard InChI is InChI=1S/C6H13O4/c7-3-1-5(9)6(10)2-4-8/h3,5-10H,1-2,4H2. The lowest BCUT2D eigenvalue weighted by Gasteiger charge is -2.14. The van der Waals surface area contributed by atoms with Gasteiger partial charge in [0.1, 0.15) is 0 Å². The van der Waals surface area contributed by atoms with Crippen molar-refractivity contribution in [2.45, 2.75) is 25.0 Å². The third-order valence-corrected chi connectivity index (χ3v) is 1.22. The first-order chi connectivity index (χ1) is 4.72. The molecule has 2 unspecified atom stereocenters. The SMILES string of the molecule is O[CH]CC(O)C(O)CCO. The van der Waals surface area contributed by atoms with Crippen LogP contribution in [0.25, 0.3) is 0 Å². The molecule has 0 aliphatic heterocycles. The highest BCUT2D eigenvalue weighted by Crippen LogP contribution is 2.03. The van der Waals surface area contributed by atoms with E-state index < -0.39 is 12.2 Å². The molecule has 4 N–H and O–H groups in total. The average molecular weight is 149 g/mol. The molecule has 10 heavy (non-hydrogen) atoms. The Bertz CT molecular complexity index is 66.1. The highest BCUT2D eigenvalue weighted by molar-refractivity contribution is 4.69. The highest BCUT2D eigenvalue weighted by Gasteiger charge is 2.14. The first-order valence-electron chi connectivity index (χ1n) is 3.15. The largest absolute Gasteiger partial charge is 0.396 e. The van der Waals surface area contributed by atoms with Gasteiger partial charge < -0.3 is 20.4 Å². The average Bonchev–Trinajstić information content (AvgIpc) is 1.89. The molecule has 0 bridgehead atoms. The number of aliphatic hydroxyl groups excluding tert-OH is 4. The van der Waals surface area contributed by atoms with Gasteiger partial charge in [-0.3, -0.25) is 0 Å². The smallest absolute Gasteiger partial charge is 0.0825 e. The Kier molecular flexibility index (Phi) is 5.52. The van der Waals surface area contributed by atoms with E-state index >= 15 is 0 Å². The molecule has 0 aromatic carbocycles. The number of aliphatic hydroxyl groups is 4. The summed E-state index contributed by atoms with van der Waals surface area (Å²) in [7, 11) is 0. The van der Waals surface area contributed by atoms with Crippen molar-refractivity contribution in [3.63, 3.8) is 0 Å². The Balaban J connectivity index is 3.38. The van der Waals surface area contributed by atoms with Crippen LogP contribution in [0.2, 0.25) is 0 Å². The second-order valence-corrected chi connectivity index (χ2v) is 2.07. The molecule has 0 saturated heterocycles. The lowest BCUT2D eigenvalue weighted by Crippen LogP contribution is -2.26. The van der Waals surface area contributed by atoms with Crippen molar-refractivity contribution in [1.29, 1.82) is 0 Å². The molecule has 4 heteroatoms. The first-order valence-corrected chi connectivity index (χ1v) is 3.15. The summed E-state index contributed by atoms with van der Waals surface area (Å²) in [5.74, 6) is 0. The molecule has 0 aromatic rings. The number of hydrogen-bond donors (Lipinski definition) is 4. The number of rotatable bonds is 5. The Morgan fingerprint density at radius 1 is 1.20 bits per heavy atom. The van der Waals surface area contributed by atoms with Gasteiger partial charge in [-0.25, -0.2) is 0 Å². The van der Waals surface area contributed by atoms with Gasteiger partial charge in [-0.1, -0.05) is 0 Å². The molecule has 0 amide bonds. The zero-order valence-electron chi connectivity index (χ0n) is 5.64. The Hall–Kier alpha value is -0.160. The Morgan fingerprint density at radius 3 is 2.20 bits per heavy atom. The van der Waals surface area contributed by atoms with Crippen molar-refractivity contribution < 1.29 is 20.4 Å². The van der Waals surface area contributed by atoms with Crippen LogP contribution in [0.1, 0.15) is 12.8 Å². The van der Waals surface area contributed by atoms with Crippen LogP contribution in [0, 0.1) is 6.61 Å². The minimum Gasteiger partial charge on any atom is -0.396 e. The summed E-state index contributed by atoms with van der Waals surface area (Å²) >= 11 is 0. The maximum absolute atomic E-state index is 8.91. The summed E-state index contributed by atoms with van der Waals surface area (Å²) in [5, 5.41) is 34.3. The zero-order valence-corrected chi connectivity index (χ0v) is 5.64. The van der Waals surface area contributed by atoms with Crippen molar-refractivity contribution >= 4 is 0 Å². The fourth-order valence-corrected chi connectivity index (χ4v) is 0.590. The summed E-state index contributed by atoms with van der Waals surface area (Å²) in [6, 6.07) is 0. The van der Waals surface area contributed by atoms with Gasteiger partial charge in [-0.2, -0.15) is 0 Å². The lowest BCUT2D eigenvalue weighted by molar-refractivity contribution is 0.000134. The molecule has 0 heterocycles. The topological polar surface area (TPSA) is 80.9 Å². The molecule has 0 fully saturated rings. The zero-order chi connectivity index (χ0) is 7.98. The molecule has 4 nitrogen and oxygen atoms in total. The molecular weight excluding hydrogens is 136 g/mol. The van der Waals surface area contributed by atoms with E-state index in [1.165, 1.54) is 0 Å². The van der Waals surface area contributed by atoms with E-state index in [1.807, 2.05) is 0 Å². The van der Waals surface area contributed by atoms with Gasteiger partial charge in [-0.05, 0) is 6.42 Å². The van der Waals surface area contributed by atoms with E-state index in [1.54, 1.807) is 0 Å². The minimum atomic E-state index is -0.975. The molecule has 0 spiro atoms. The van der Waals surface area contributed by atoms with Gasteiger partial charge in [0.05, 0.1) is 18.8 Å². The van der Waals surface area contributed by atoms with Gasteiger partial charge >= 0.3 is 0 Å². The van der Waals surface area contributed by atoms with E-state index in [-0.39, 0.29) is 19.4 Å². The van der Waals surface area contributed by atoms with Gasteiger partial charge in [-0.15, -0.1) is 0 Å². The van der Waals surface area contributed by atoms with Crippen LogP contribution in [-0.4, -0.2) is 39.2 Å². The van der Waals surface area contributed by atoms with Crippen molar-refractivity contribution in [2.75, 3.05) is 6.61 Å². The summed E-state index contributed by atoms with van der Waals surface area (Å²) in [4.78, 5) is 0. The second-order valence-electron chi connectivity index (χ2n) is 2.07. The maximum atomic E-state index is 8.91. The van der Waals surface area contributed by atoms with Crippen molar-refractivity contribution in [3.05, 3.63) is 6.61 Å². The van der Waals surface area contributed by atoms with Crippen molar-refractivity contribution in [1.82, 2.24) is 0 Å². The molecule has 2 atom stereocenters. The van der Waals surface area contributed by atoms with E-state index in [2.05, 4.69) is 0 Å². The minimum absolute atomic E-state index is 0.0289. The monoisotopic (exact) mass is 149 g/mol. The van der Waals surface area contributed by atoms with Crippen LogP contribution < -0.4 is 0 Å². The Morgan fingerprint density at radius 2 is 1.80 bits per heavy atom. The summed E-state index contributed by atoms with van der Waals surface area (Å²) in [6.45, 7) is 0.620. The van der Waals surface area contributed by atoms with Crippen LogP contribution in [0.5, 0.6) is 0 Å². The van der Waals surface area contributed by atoms with Gasteiger partial charge in [0.2, 0.25) is 0 Å². The molecule has 1 radical (unpaired) electrons. The molecule has 0 aromatic heterocycles. The Labute approximate surface area is 59.7 Å². The molecule has 0 aliphatic rings. The van der Waals surface area contributed by atoms with Crippen LogP contribution in [-0.2, 0) is 0 Å². The van der Waals surface area contributed by atoms with Crippen LogP contribution in [0.15, 0.2) is 0 Å².